The number of carbonyl (C=O) groups is 2. The average Bonchev–Trinajstić information content (AvgIpc) is 2.80. The molecular formula is C30H34O4. The quantitative estimate of drug-likeness (QED) is 0.258. The fourth-order valence-corrected chi connectivity index (χ4v) is 4.03. The van der Waals surface area contributed by atoms with Crippen LogP contribution in [0.15, 0.2) is 66.7 Å². The molecule has 0 aliphatic heterocycles. The topological polar surface area (TPSA) is 52.6 Å². The van der Waals surface area contributed by atoms with E-state index in [0.717, 1.165) is 16.7 Å². The third kappa shape index (κ3) is 5.93. The lowest BCUT2D eigenvalue weighted by atomic mass is 9.97. The fourth-order valence-electron chi connectivity index (χ4n) is 4.03. The highest BCUT2D eigenvalue weighted by Gasteiger charge is 2.23. The lowest BCUT2D eigenvalue weighted by molar-refractivity contribution is 0.0679. The zero-order valence-corrected chi connectivity index (χ0v) is 20.9. The lowest BCUT2D eigenvalue weighted by Gasteiger charge is -2.18. The normalized spacial score (nSPS) is 11.2. The molecule has 3 aromatic carbocycles. The van der Waals surface area contributed by atoms with Crippen LogP contribution >= 0.6 is 0 Å². The number of benzene rings is 3. The molecule has 0 aromatic heterocycles. The highest BCUT2D eigenvalue weighted by Crippen LogP contribution is 2.35. The van der Waals surface area contributed by atoms with Gasteiger partial charge < -0.3 is 9.47 Å². The second-order valence-electron chi connectivity index (χ2n) is 9.61. The number of rotatable bonds is 8. The first kappa shape index (κ1) is 25.2. The Kier molecular flexibility index (Phi) is 8.27. The maximum atomic E-state index is 13.3. The van der Waals surface area contributed by atoms with Crippen LogP contribution in [-0.2, 0) is 6.42 Å². The standard InChI is InChI=1S/C30H34O4/c1-19(2)18-22-12-11-17-27(33-29(31)25-15-9-7-13-23(25)20(3)4)28(22)34-30(32)26-16-10-8-14-24(26)21(5)6/h7-17,19-21H,18H2,1-6H3. The Bertz CT molecular complexity index is 1160. The molecule has 0 radical (unpaired) electrons. The van der Waals surface area contributed by atoms with Gasteiger partial charge in [-0.15, -0.1) is 0 Å². The van der Waals surface area contributed by atoms with Crippen LogP contribution in [0.25, 0.3) is 0 Å². The molecule has 0 bridgehead atoms. The van der Waals surface area contributed by atoms with Crippen LogP contribution in [0.1, 0.15) is 90.8 Å². The van der Waals surface area contributed by atoms with E-state index >= 15 is 0 Å². The summed E-state index contributed by atoms with van der Waals surface area (Å²) in [6.07, 6.45) is 0.683. The van der Waals surface area contributed by atoms with Crippen LogP contribution in [0.5, 0.6) is 11.5 Å². The monoisotopic (exact) mass is 458 g/mol. The molecule has 0 saturated carbocycles. The number of ether oxygens (including phenoxy) is 2. The first-order chi connectivity index (χ1) is 16.2. The maximum Gasteiger partial charge on any atom is 0.343 e. The molecule has 0 spiro atoms. The smallest absolute Gasteiger partial charge is 0.343 e. The molecule has 0 N–H and O–H groups in total. The van der Waals surface area contributed by atoms with Crippen molar-refractivity contribution in [1.29, 1.82) is 0 Å². The molecule has 4 heteroatoms. The van der Waals surface area contributed by atoms with E-state index in [4.69, 9.17) is 9.47 Å². The Balaban J connectivity index is 2.00. The maximum absolute atomic E-state index is 13.3. The molecule has 0 aliphatic rings. The second-order valence-corrected chi connectivity index (χ2v) is 9.61. The Hall–Kier alpha value is -3.40. The second kappa shape index (κ2) is 11.1. The van der Waals surface area contributed by atoms with Gasteiger partial charge in [0.2, 0.25) is 0 Å². The minimum atomic E-state index is -0.467. The fraction of sp³-hybridized carbons (Fsp3) is 0.333. The third-order valence-electron chi connectivity index (χ3n) is 5.69. The van der Waals surface area contributed by atoms with Crippen molar-refractivity contribution >= 4 is 11.9 Å². The molecule has 0 aliphatic carbocycles. The highest BCUT2D eigenvalue weighted by molar-refractivity contribution is 5.95. The number of esters is 2. The summed E-state index contributed by atoms with van der Waals surface area (Å²) in [4.78, 5) is 26.4. The van der Waals surface area contributed by atoms with E-state index in [0.29, 0.717) is 29.2 Å². The van der Waals surface area contributed by atoms with Gasteiger partial charge in [-0.05, 0) is 59.1 Å². The first-order valence-electron chi connectivity index (χ1n) is 11.9. The van der Waals surface area contributed by atoms with E-state index in [1.807, 2.05) is 76.2 Å². The zero-order chi connectivity index (χ0) is 24.8. The van der Waals surface area contributed by atoms with E-state index in [9.17, 15) is 9.59 Å². The molecule has 0 unspecified atom stereocenters. The van der Waals surface area contributed by atoms with Crippen molar-refractivity contribution in [1.82, 2.24) is 0 Å². The Morgan fingerprint density at radius 2 is 1.15 bits per heavy atom. The van der Waals surface area contributed by atoms with Crippen LogP contribution in [0, 0.1) is 5.92 Å². The van der Waals surface area contributed by atoms with Gasteiger partial charge in [0, 0.05) is 0 Å². The first-order valence-corrected chi connectivity index (χ1v) is 11.9. The summed E-state index contributed by atoms with van der Waals surface area (Å²) in [6.45, 7) is 12.3. The van der Waals surface area contributed by atoms with Crippen molar-refractivity contribution in [3.63, 3.8) is 0 Å². The summed E-state index contributed by atoms with van der Waals surface area (Å²) in [5, 5.41) is 0. The number of carbonyl (C=O) groups excluding carboxylic acids is 2. The van der Waals surface area contributed by atoms with Crippen LogP contribution in [0.4, 0.5) is 0 Å². The average molecular weight is 459 g/mol. The van der Waals surface area contributed by atoms with E-state index in [1.54, 1.807) is 18.2 Å². The molecule has 0 heterocycles. The molecule has 3 rings (SSSR count). The molecule has 0 amide bonds. The summed E-state index contributed by atoms with van der Waals surface area (Å²) < 4.78 is 11.8. The van der Waals surface area contributed by atoms with E-state index in [1.165, 1.54) is 0 Å². The van der Waals surface area contributed by atoms with Crippen molar-refractivity contribution in [2.24, 2.45) is 5.92 Å². The van der Waals surface area contributed by atoms with Gasteiger partial charge >= 0.3 is 11.9 Å². The van der Waals surface area contributed by atoms with E-state index < -0.39 is 11.9 Å². The van der Waals surface area contributed by atoms with Crippen molar-refractivity contribution in [3.8, 4) is 11.5 Å². The van der Waals surface area contributed by atoms with Crippen LogP contribution in [-0.4, -0.2) is 11.9 Å². The number of hydrogen-bond acceptors (Lipinski definition) is 4. The molecule has 178 valence electrons. The predicted octanol–water partition coefficient (Wildman–Crippen LogP) is 7.57. The highest BCUT2D eigenvalue weighted by atomic mass is 16.6. The minimum absolute atomic E-state index is 0.166. The van der Waals surface area contributed by atoms with E-state index in [-0.39, 0.29) is 17.6 Å². The van der Waals surface area contributed by atoms with Gasteiger partial charge in [0.25, 0.3) is 0 Å². The summed E-state index contributed by atoms with van der Waals surface area (Å²) in [6, 6.07) is 20.3. The molecule has 34 heavy (non-hydrogen) atoms. The van der Waals surface area contributed by atoms with Gasteiger partial charge in [-0.25, -0.2) is 9.59 Å². The molecule has 4 nitrogen and oxygen atoms in total. The SMILES string of the molecule is CC(C)Cc1cccc(OC(=O)c2ccccc2C(C)C)c1OC(=O)c1ccccc1C(C)C. The minimum Gasteiger partial charge on any atom is -0.419 e. The lowest BCUT2D eigenvalue weighted by Crippen LogP contribution is -2.16. The van der Waals surface area contributed by atoms with Gasteiger partial charge in [-0.3, -0.25) is 0 Å². The van der Waals surface area contributed by atoms with Gasteiger partial charge in [0.05, 0.1) is 11.1 Å². The summed E-state index contributed by atoms with van der Waals surface area (Å²) in [5.41, 5.74) is 3.68. The molecule has 3 aromatic rings. The molecule has 0 saturated heterocycles. The van der Waals surface area contributed by atoms with E-state index in [2.05, 4.69) is 13.8 Å². The van der Waals surface area contributed by atoms with Gasteiger partial charge in [0.1, 0.15) is 0 Å². The van der Waals surface area contributed by atoms with Crippen molar-refractivity contribution in [2.75, 3.05) is 0 Å². The Morgan fingerprint density at radius 1 is 0.647 bits per heavy atom. The van der Waals surface area contributed by atoms with Gasteiger partial charge in [-0.1, -0.05) is 90.1 Å². The molecular weight excluding hydrogens is 424 g/mol. The summed E-state index contributed by atoms with van der Waals surface area (Å²) in [5.74, 6) is 0.284. The van der Waals surface area contributed by atoms with Crippen molar-refractivity contribution in [2.45, 2.75) is 59.8 Å². The van der Waals surface area contributed by atoms with Crippen molar-refractivity contribution in [3.05, 3.63) is 94.5 Å². The number of hydrogen-bond donors (Lipinski definition) is 0. The van der Waals surface area contributed by atoms with Gasteiger partial charge in [-0.2, -0.15) is 0 Å². The molecule has 0 fully saturated rings. The van der Waals surface area contributed by atoms with Crippen LogP contribution in [0.3, 0.4) is 0 Å². The summed E-state index contributed by atoms with van der Waals surface area (Å²) >= 11 is 0. The Labute approximate surface area is 202 Å². The van der Waals surface area contributed by atoms with Gasteiger partial charge in [0.15, 0.2) is 11.5 Å². The van der Waals surface area contributed by atoms with Crippen molar-refractivity contribution < 1.29 is 19.1 Å². The van der Waals surface area contributed by atoms with Crippen LogP contribution < -0.4 is 9.47 Å². The van der Waals surface area contributed by atoms with Crippen LogP contribution in [0.2, 0.25) is 0 Å². The Morgan fingerprint density at radius 3 is 1.65 bits per heavy atom. The largest absolute Gasteiger partial charge is 0.419 e. The zero-order valence-electron chi connectivity index (χ0n) is 20.9. The third-order valence-corrected chi connectivity index (χ3v) is 5.69. The predicted molar refractivity (Wildman–Crippen MR) is 136 cm³/mol. The summed E-state index contributed by atoms with van der Waals surface area (Å²) in [7, 11) is 0. The number of para-hydroxylation sites is 1. The molecule has 0 atom stereocenters.